The molecule has 0 rings (SSSR count). The Bertz CT molecular complexity index is 2390. The summed E-state index contributed by atoms with van der Waals surface area (Å²) in [5.41, 5.74) is 0. The smallest absolute Gasteiger partial charge is 0.306 e. The zero-order valence-electron chi connectivity index (χ0n) is 59.8. The second-order valence-electron chi connectivity index (χ2n) is 24.5. The molecule has 0 aromatic carbocycles. The lowest BCUT2D eigenvalue weighted by atomic mass is 10.0. The number of allylic oxidation sites excluding steroid dienone is 36. The zero-order valence-corrected chi connectivity index (χ0v) is 60.7. The van der Waals surface area contributed by atoms with E-state index >= 15 is 0 Å². The monoisotopic (exact) mass is 1310 g/mol. The summed E-state index contributed by atoms with van der Waals surface area (Å²) < 4.78 is 34.3. The van der Waals surface area contributed by atoms with Gasteiger partial charge in [0.2, 0.25) is 0 Å². The molecule has 2 atom stereocenters. The van der Waals surface area contributed by atoms with E-state index in [4.69, 9.17) is 18.5 Å². The highest BCUT2D eigenvalue weighted by Crippen LogP contribution is 2.38. The lowest BCUT2D eigenvalue weighted by Gasteiger charge is -2.28. The molecule has 0 fully saturated rings. The van der Waals surface area contributed by atoms with Crippen molar-refractivity contribution in [1.82, 2.24) is 0 Å². The first-order valence-electron chi connectivity index (χ1n) is 36.4. The van der Waals surface area contributed by atoms with Crippen LogP contribution in [0.5, 0.6) is 0 Å². The van der Waals surface area contributed by atoms with Gasteiger partial charge >= 0.3 is 11.9 Å². The summed E-state index contributed by atoms with van der Waals surface area (Å²) in [5, 5.41) is 0. The van der Waals surface area contributed by atoms with Crippen LogP contribution in [-0.4, -0.2) is 70.0 Å². The Labute approximate surface area is 576 Å². The number of phosphoric acid groups is 1. The average Bonchev–Trinajstić information content (AvgIpc) is 1.57. The molecule has 0 aliphatic heterocycles. The number of likely N-dealkylation sites (N-methyl/N-ethyl adjacent to an activating group) is 1. The quantitative estimate of drug-likeness (QED) is 0.0195. The van der Waals surface area contributed by atoms with E-state index in [1.807, 2.05) is 21.1 Å². The number of hydrogen-bond acceptors (Lipinski definition) is 8. The summed E-state index contributed by atoms with van der Waals surface area (Å²) in [6.07, 6.45) is 114. The number of ether oxygens (including phenoxy) is 2. The van der Waals surface area contributed by atoms with E-state index in [-0.39, 0.29) is 26.1 Å². The lowest BCUT2D eigenvalue weighted by Crippen LogP contribution is -2.37. The molecule has 0 aromatic heterocycles. The standard InChI is InChI=1S/C84H132NO8P/c1-6-8-10-12-14-16-18-20-22-24-26-28-30-32-34-36-37-38-39-40-41-42-43-44-45-46-47-49-51-53-55-57-59-61-63-65-67-69-71-73-75-77-84(87)93-82(81-92-94(88,89)91-79-78-85(3,4)5)80-90-83(86)76-74-72-70-68-66-64-62-60-58-56-54-52-50-48-35-33-31-29-27-25-23-21-19-17-15-13-11-9-7-2/h8-11,14-17,20-23,26-29,32-35,37-38,40-41,43-44,46-47,50-53,56,58,62,64,82H,6-7,12-13,18-19,24-25,30-31,36,39,42,45,48-49,54-55,57,59-61,63,65-81H2,1-5H3/b10-8-,11-9-,16-14-,17-15-,22-20-,23-21-,28-26-,29-27-,34-32-,35-33-,38-37-,41-40-,44-43-,47-46-,52-50-,53-51-,58-56-,64-62-. The van der Waals surface area contributed by atoms with E-state index in [1.165, 1.54) is 38.5 Å². The summed E-state index contributed by atoms with van der Waals surface area (Å²) >= 11 is 0. The highest BCUT2D eigenvalue weighted by atomic mass is 31.2. The fraction of sp³-hybridized carbons (Fsp3) is 0.548. The molecule has 0 amide bonds. The minimum absolute atomic E-state index is 0.0482. The van der Waals surface area contributed by atoms with Crippen LogP contribution in [0.3, 0.4) is 0 Å². The Morgan fingerprint density at radius 2 is 0.574 bits per heavy atom. The molecule has 94 heavy (non-hydrogen) atoms. The van der Waals surface area contributed by atoms with Crippen LogP contribution in [-0.2, 0) is 32.7 Å². The third kappa shape index (κ3) is 75.4. The van der Waals surface area contributed by atoms with Crippen molar-refractivity contribution in [3.05, 3.63) is 219 Å². The number of carbonyl (C=O) groups excluding carboxylic acids is 2. The topological polar surface area (TPSA) is 111 Å². The van der Waals surface area contributed by atoms with Crippen LogP contribution in [0.25, 0.3) is 0 Å². The Morgan fingerprint density at radius 3 is 0.851 bits per heavy atom. The maximum absolute atomic E-state index is 12.9. The van der Waals surface area contributed by atoms with Crippen molar-refractivity contribution in [3.8, 4) is 0 Å². The van der Waals surface area contributed by atoms with E-state index in [0.29, 0.717) is 23.9 Å². The molecule has 0 aliphatic carbocycles. The Hall–Kier alpha value is -5.67. The molecule has 0 spiro atoms. The fourth-order valence-corrected chi connectivity index (χ4v) is 9.72. The minimum Gasteiger partial charge on any atom is -0.756 e. The van der Waals surface area contributed by atoms with Gasteiger partial charge in [0.1, 0.15) is 19.8 Å². The van der Waals surface area contributed by atoms with Crippen LogP contribution in [0.4, 0.5) is 0 Å². The molecule has 0 radical (unpaired) electrons. The molecular weight excluding hydrogens is 1180 g/mol. The largest absolute Gasteiger partial charge is 0.756 e. The van der Waals surface area contributed by atoms with Gasteiger partial charge in [0.15, 0.2) is 6.10 Å². The molecule has 0 heterocycles. The van der Waals surface area contributed by atoms with Gasteiger partial charge in [0.05, 0.1) is 27.7 Å². The van der Waals surface area contributed by atoms with Crippen LogP contribution in [0.1, 0.15) is 245 Å². The highest BCUT2D eigenvalue weighted by Gasteiger charge is 2.22. The summed E-state index contributed by atoms with van der Waals surface area (Å²) in [4.78, 5) is 38.1. The van der Waals surface area contributed by atoms with Crippen LogP contribution in [0.2, 0.25) is 0 Å². The van der Waals surface area contributed by atoms with Crippen molar-refractivity contribution < 1.29 is 42.1 Å². The van der Waals surface area contributed by atoms with Crippen molar-refractivity contribution in [2.75, 3.05) is 47.5 Å². The molecule has 0 saturated carbocycles. The SMILES string of the molecule is CC/C=C\C/C=C\C/C=C\C/C=C\C/C=C\C/C=C\C/C=C\C/C=C\C/C=C\C/C=C\CCCCCCCCCCCCC(=O)OC(COC(=O)CCCCCC/C=C\C/C=C\C/C=C\C/C=C\C/C=C\C/C=C\C/C=C\C/C=C\CC)COP(=O)([O-])OCC[N+](C)(C)C. The van der Waals surface area contributed by atoms with Crippen LogP contribution >= 0.6 is 7.82 Å². The van der Waals surface area contributed by atoms with Gasteiger partial charge in [-0.3, -0.25) is 14.2 Å². The van der Waals surface area contributed by atoms with Gasteiger partial charge in [0.25, 0.3) is 7.82 Å². The predicted octanol–water partition coefficient (Wildman–Crippen LogP) is 23.7. The number of carbonyl (C=O) groups is 2. The maximum Gasteiger partial charge on any atom is 0.306 e. The summed E-state index contributed by atoms with van der Waals surface area (Å²) in [6.45, 7) is 3.95. The minimum atomic E-state index is -4.67. The Balaban J connectivity index is 4.17. The van der Waals surface area contributed by atoms with Crippen molar-refractivity contribution in [2.24, 2.45) is 0 Å². The first-order chi connectivity index (χ1) is 46.0. The van der Waals surface area contributed by atoms with Gasteiger partial charge < -0.3 is 27.9 Å². The third-order valence-corrected chi connectivity index (χ3v) is 15.5. The van der Waals surface area contributed by atoms with E-state index in [2.05, 4.69) is 233 Å². The predicted molar refractivity (Wildman–Crippen MR) is 405 cm³/mol. The average molecular weight is 1310 g/mol. The number of quaternary nitrogens is 1. The number of esters is 2. The molecule has 0 aliphatic rings. The number of rotatable bonds is 64. The normalized spacial score (nSPS) is 14.4. The Morgan fingerprint density at radius 1 is 0.330 bits per heavy atom. The van der Waals surface area contributed by atoms with Crippen LogP contribution in [0, 0.1) is 0 Å². The van der Waals surface area contributed by atoms with Crippen LogP contribution in [0.15, 0.2) is 219 Å². The molecule has 9 nitrogen and oxygen atoms in total. The first-order valence-corrected chi connectivity index (χ1v) is 37.9. The highest BCUT2D eigenvalue weighted by molar-refractivity contribution is 7.45. The van der Waals surface area contributed by atoms with Crippen molar-refractivity contribution >= 4 is 19.8 Å². The lowest BCUT2D eigenvalue weighted by molar-refractivity contribution is -0.870. The van der Waals surface area contributed by atoms with Gasteiger partial charge in [-0.1, -0.05) is 297 Å². The fourth-order valence-electron chi connectivity index (χ4n) is 8.99. The molecular formula is C84H132NO8P. The van der Waals surface area contributed by atoms with Crippen molar-refractivity contribution in [2.45, 2.75) is 251 Å². The second kappa shape index (κ2) is 71.6. The van der Waals surface area contributed by atoms with Crippen molar-refractivity contribution in [3.63, 3.8) is 0 Å². The van der Waals surface area contributed by atoms with Crippen molar-refractivity contribution in [1.29, 1.82) is 0 Å². The van der Waals surface area contributed by atoms with E-state index in [1.54, 1.807) is 0 Å². The van der Waals surface area contributed by atoms with Gasteiger partial charge in [-0.05, 0) is 154 Å². The summed E-state index contributed by atoms with van der Waals surface area (Å²) in [6, 6.07) is 0. The molecule has 0 saturated heterocycles. The van der Waals surface area contributed by atoms with E-state index < -0.39 is 32.5 Å². The molecule has 2 unspecified atom stereocenters. The molecule has 0 bridgehead atoms. The summed E-state index contributed by atoms with van der Waals surface area (Å²) in [7, 11) is 1.12. The third-order valence-electron chi connectivity index (χ3n) is 14.5. The zero-order chi connectivity index (χ0) is 68.3. The van der Waals surface area contributed by atoms with Gasteiger partial charge in [-0.2, -0.15) is 0 Å². The Kier molecular flexibility index (Phi) is 67.3. The summed E-state index contributed by atoms with van der Waals surface area (Å²) in [5.74, 6) is -0.883. The molecule has 0 aromatic rings. The van der Waals surface area contributed by atoms with Gasteiger partial charge in [-0.15, -0.1) is 0 Å². The number of phosphoric ester groups is 1. The number of nitrogens with zero attached hydrogens (tertiary/aromatic N) is 1. The van der Waals surface area contributed by atoms with Gasteiger partial charge in [-0.25, -0.2) is 0 Å². The van der Waals surface area contributed by atoms with E-state index in [0.717, 1.165) is 167 Å². The molecule has 10 heteroatoms. The molecule has 526 valence electrons. The maximum atomic E-state index is 12.9. The molecule has 0 N–H and O–H groups in total. The number of hydrogen-bond donors (Lipinski definition) is 0. The second-order valence-corrected chi connectivity index (χ2v) is 25.9. The van der Waals surface area contributed by atoms with E-state index in [9.17, 15) is 19.0 Å². The first kappa shape index (κ1) is 88.3. The van der Waals surface area contributed by atoms with Gasteiger partial charge in [0, 0.05) is 12.8 Å². The number of unbranched alkanes of at least 4 members (excludes halogenated alkanes) is 14. The van der Waals surface area contributed by atoms with Crippen LogP contribution < -0.4 is 4.89 Å².